The van der Waals surface area contributed by atoms with Crippen molar-refractivity contribution < 1.29 is 24.2 Å². The van der Waals surface area contributed by atoms with Crippen molar-refractivity contribution in [1.29, 1.82) is 0 Å². The smallest absolute Gasteiger partial charge is 0.295 e. The molecular weight excluding hydrogens is 470 g/mol. The molecule has 1 saturated heterocycles. The highest BCUT2D eigenvalue weighted by Crippen LogP contribution is 2.43. The number of aliphatic hydroxyl groups is 1. The van der Waals surface area contributed by atoms with Crippen LogP contribution in [0.5, 0.6) is 11.5 Å². The number of amides is 1. The van der Waals surface area contributed by atoms with E-state index in [2.05, 4.69) is 0 Å². The van der Waals surface area contributed by atoms with Crippen LogP contribution >= 0.6 is 11.6 Å². The number of likely N-dealkylation sites (tertiary alicyclic amines) is 1. The van der Waals surface area contributed by atoms with Gasteiger partial charge in [-0.1, -0.05) is 23.7 Å². The third-order valence-electron chi connectivity index (χ3n) is 6.00. The number of hydrogen-bond acceptors (Lipinski definition) is 7. The Morgan fingerprint density at radius 2 is 1.66 bits per heavy atom. The Morgan fingerprint density at radius 1 is 1.03 bits per heavy atom. The second-order valence-electron chi connectivity index (χ2n) is 8.82. The van der Waals surface area contributed by atoms with Gasteiger partial charge in [0.05, 0.1) is 36.4 Å². The van der Waals surface area contributed by atoms with Crippen LogP contribution in [0.2, 0.25) is 5.02 Å². The molecule has 2 aromatic carbocycles. The molecule has 1 heterocycles. The lowest BCUT2D eigenvalue weighted by molar-refractivity contribution is -0.139. The molecule has 8 nitrogen and oxygen atoms in total. The van der Waals surface area contributed by atoms with Gasteiger partial charge in [-0.15, -0.1) is 0 Å². The van der Waals surface area contributed by atoms with E-state index in [1.807, 2.05) is 62.3 Å². The number of Topliss-reactive ketones (excluding diaryl/α,β-unsaturated/α-hetero) is 1. The summed E-state index contributed by atoms with van der Waals surface area (Å²) in [4.78, 5) is 31.9. The predicted molar refractivity (Wildman–Crippen MR) is 138 cm³/mol. The van der Waals surface area contributed by atoms with Crippen molar-refractivity contribution >= 4 is 34.7 Å². The lowest BCUT2D eigenvalue weighted by Gasteiger charge is -2.26. The Labute approximate surface area is 211 Å². The van der Waals surface area contributed by atoms with E-state index in [0.29, 0.717) is 18.7 Å². The molecule has 1 aliphatic heterocycles. The highest BCUT2D eigenvalue weighted by atomic mass is 35.5. The number of benzene rings is 2. The molecule has 1 amide bonds. The van der Waals surface area contributed by atoms with Crippen LogP contribution in [-0.2, 0) is 9.59 Å². The number of carbonyl (C=O) groups excluding carboxylic acids is 2. The number of halogens is 1. The lowest BCUT2D eigenvalue weighted by Crippen LogP contribution is -2.32. The number of rotatable bonds is 9. The zero-order valence-electron chi connectivity index (χ0n) is 21.0. The molecule has 1 unspecified atom stereocenters. The summed E-state index contributed by atoms with van der Waals surface area (Å²) in [6.07, 6.45) is 0.671. The first-order chi connectivity index (χ1) is 16.6. The van der Waals surface area contributed by atoms with Gasteiger partial charge in [0.1, 0.15) is 17.3 Å². The van der Waals surface area contributed by atoms with E-state index in [-0.39, 0.29) is 27.7 Å². The predicted octanol–water partition coefficient (Wildman–Crippen LogP) is 3.80. The van der Waals surface area contributed by atoms with Gasteiger partial charge in [-0.2, -0.15) is 0 Å². The summed E-state index contributed by atoms with van der Waals surface area (Å²) in [7, 11) is 10.7. The highest BCUT2D eigenvalue weighted by molar-refractivity contribution is 6.46. The van der Waals surface area contributed by atoms with Crippen LogP contribution < -0.4 is 14.4 Å². The van der Waals surface area contributed by atoms with Crippen molar-refractivity contribution in [1.82, 2.24) is 9.80 Å². The summed E-state index contributed by atoms with van der Waals surface area (Å²) in [5.74, 6) is -1.11. The maximum absolute atomic E-state index is 13.3. The SMILES string of the molecule is COc1cc(OC)c(/C(O)=C2\C(=O)C(=O)N(CCCN(C)C)C2c2ccc(N(C)C)cc2)cc1Cl. The van der Waals surface area contributed by atoms with Gasteiger partial charge in [0, 0.05) is 32.4 Å². The molecule has 1 aliphatic rings. The second kappa shape index (κ2) is 11.0. The summed E-state index contributed by atoms with van der Waals surface area (Å²) in [5.41, 5.74) is 1.90. The third-order valence-corrected chi connectivity index (χ3v) is 6.29. The first-order valence-electron chi connectivity index (χ1n) is 11.2. The van der Waals surface area contributed by atoms with Crippen LogP contribution in [0.1, 0.15) is 23.6 Å². The van der Waals surface area contributed by atoms with Crippen molar-refractivity contribution in [3.05, 3.63) is 58.1 Å². The van der Waals surface area contributed by atoms with Gasteiger partial charge in [0.15, 0.2) is 0 Å². The molecule has 0 spiro atoms. The Balaban J connectivity index is 2.18. The van der Waals surface area contributed by atoms with Gasteiger partial charge in [-0.3, -0.25) is 9.59 Å². The van der Waals surface area contributed by atoms with E-state index in [0.717, 1.165) is 17.8 Å². The minimum Gasteiger partial charge on any atom is -0.507 e. The number of ketones is 1. The standard InChI is InChI=1S/C26H32ClN3O5/c1-28(2)12-7-13-30-23(16-8-10-17(11-9-16)29(3)4)22(25(32)26(30)33)24(31)18-14-19(27)21(35-6)15-20(18)34-5/h8-11,14-15,23,31H,7,12-13H2,1-6H3/b24-22+. The molecular formula is C26H32ClN3O5. The third kappa shape index (κ3) is 5.39. The molecule has 0 aliphatic carbocycles. The maximum Gasteiger partial charge on any atom is 0.295 e. The second-order valence-corrected chi connectivity index (χ2v) is 9.23. The molecule has 3 rings (SSSR count). The minimum atomic E-state index is -0.751. The van der Waals surface area contributed by atoms with Gasteiger partial charge in [-0.25, -0.2) is 0 Å². The average molecular weight is 502 g/mol. The lowest BCUT2D eigenvalue weighted by atomic mass is 9.94. The zero-order chi connectivity index (χ0) is 25.9. The molecule has 35 heavy (non-hydrogen) atoms. The highest BCUT2D eigenvalue weighted by Gasteiger charge is 2.46. The molecule has 9 heteroatoms. The van der Waals surface area contributed by atoms with Gasteiger partial charge in [0.25, 0.3) is 11.7 Å². The fourth-order valence-electron chi connectivity index (χ4n) is 4.16. The van der Waals surface area contributed by atoms with E-state index in [4.69, 9.17) is 21.1 Å². The first kappa shape index (κ1) is 26.4. The van der Waals surface area contributed by atoms with Crippen LogP contribution in [0.25, 0.3) is 5.76 Å². The normalized spacial score (nSPS) is 17.3. The number of carbonyl (C=O) groups is 2. The van der Waals surface area contributed by atoms with Crippen molar-refractivity contribution in [2.24, 2.45) is 0 Å². The summed E-state index contributed by atoms with van der Waals surface area (Å²) in [6, 6.07) is 9.83. The maximum atomic E-state index is 13.3. The molecule has 0 saturated carbocycles. The van der Waals surface area contributed by atoms with Crippen molar-refractivity contribution in [3.63, 3.8) is 0 Å². The number of anilines is 1. The fraction of sp³-hybridized carbons (Fsp3) is 0.385. The summed E-state index contributed by atoms with van der Waals surface area (Å²) >= 11 is 6.32. The zero-order valence-corrected chi connectivity index (χ0v) is 21.7. The minimum absolute atomic E-state index is 0.00279. The van der Waals surface area contributed by atoms with Crippen molar-refractivity contribution in [2.75, 3.05) is 60.4 Å². The van der Waals surface area contributed by atoms with E-state index >= 15 is 0 Å². The topological polar surface area (TPSA) is 82.5 Å². The number of aliphatic hydroxyl groups excluding tert-OH is 1. The Kier molecular flexibility index (Phi) is 8.30. The van der Waals surface area contributed by atoms with Gasteiger partial charge < -0.3 is 29.3 Å². The average Bonchev–Trinajstić information content (AvgIpc) is 3.08. The van der Waals surface area contributed by atoms with E-state index in [1.165, 1.54) is 31.3 Å². The van der Waals surface area contributed by atoms with Gasteiger partial charge in [-0.05, 0) is 50.8 Å². The molecule has 2 aromatic rings. The van der Waals surface area contributed by atoms with Crippen LogP contribution in [0, 0.1) is 0 Å². The molecule has 1 fully saturated rings. The van der Waals surface area contributed by atoms with Crippen molar-refractivity contribution in [3.8, 4) is 11.5 Å². The Morgan fingerprint density at radius 3 is 2.20 bits per heavy atom. The van der Waals surface area contributed by atoms with E-state index < -0.39 is 17.7 Å². The number of ether oxygens (including phenoxy) is 2. The van der Waals surface area contributed by atoms with Crippen LogP contribution in [0.3, 0.4) is 0 Å². The Bertz CT molecular complexity index is 1130. The summed E-state index contributed by atoms with van der Waals surface area (Å²) in [6.45, 7) is 1.11. The van der Waals surface area contributed by atoms with Crippen LogP contribution in [0.4, 0.5) is 5.69 Å². The molecule has 1 N–H and O–H groups in total. The number of methoxy groups -OCH3 is 2. The molecule has 0 bridgehead atoms. The van der Waals surface area contributed by atoms with Gasteiger partial charge >= 0.3 is 0 Å². The number of hydrogen-bond donors (Lipinski definition) is 1. The number of nitrogens with zero attached hydrogens (tertiary/aromatic N) is 3. The first-order valence-corrected chi connectivity index (χ1v) is 11.6. The fourth-order valence-corrected chi connectivity index (χ4v) is 4.40. The van der Waals surface area contributed by atoms with Crippen LogP contribution in [0.15, 0.2) is 42.0 Å². The molecule has 0 aromatic heterocycles. The Hall–Kier alpha value is -3.23. The molecule has 1 atom stereocenters. The molecule has 0 radical (unpaired) electrons. The van der Waals surface area contributed by atoms with E-state index in [1.54, 1.807) is 0 Å². The largest absolute Gasteiger partial charge is 0.507 e. The van der Waals surface area contributed by atoms with Crippen molar-refractivity contribution in [2.45, 2.75) is 12.5 Å². The van der Waals surface area contributed by atoms with E-state index in [9.17, 15) is 14.7 Å². The quantitative estimate of drug-likeness (QED) is 0.318. The van der Waals surface area contributed by atoms with Gasteiger partial charge in [0.2, 0.25) is 0 Å². The summed E-state index contributed by atoms with van der Waals surface area (Å²) < 4.78 is 10.7. The monoisotopic (exact) mass is 501 g/mol. The van der Waals surface area contributed by atoms with Crippen LogP contribution in [-0.4, -0.2) is 82.1 Å². The summed E-state index contributed by atoms with van der Waals surface area (Å²) in [5, 5.41) is 11.6. The molecule has 188 valence electrons.